The van der Waals surface area contributed by atoms with E-state index in [-0.39, 0.29) is 11.2 Å². The molecule has 3 heteroatoms. The summed E-state index contributed by atoms with van der Waals surface area (Å²) < 4.78 is 2.16. The van der Waals surface area contributed by atoms with Crippen LogP contribution in [0.1, 0.15) is 45.5 Å². The van der Waals surface area contributed by atoms with E-state index in [2.05, 4.69) is 50.6 Å². The van der Waals surface area contributed by atoms with Gasteiger partial charge in [-0.25, -0.2) is 4.98 Å². The number of aromatic nitrogens is 2. The summed E-state index contributed by atoms with van der Waals surface area (Å²) >= 11 is 0. The molecule has 0 radical (unpaired) electrons. The molecule has 0 amide bonds. The number of rotatable bonds is 3. The maximum Gasteiger partial charge on any atom is 0.130 e. The second kappa shape index (κ2) is 4.80. The molecular formula is C16H22N2O. The van der Waals surface area contributed by atoms with E-state index in [9.17, 15) is 4.79 Å². The van der Waals surface area contributed by atoms with Gasteiger partial charge in [-0.15, -0.1) is 0 Å². The number of nitrogens with zero attached hydrogens (tertiary/aromatic N) is 2. The fourth-order valence-electron chi connectivity index (χ4n) is 2.39. The zero-order chi connectivity index (χ0) is 14.2. The topological polar surface area (TPSA) is 34.9 Å². The van der Waals surface area contributed by atoms with Crippen LogP contribution < -0.4 is 0 Å². The van der Waals surface area contributed by atoms with Gasteiger partial charge in [-0.2, -0.15) is 0 Å². The number of Topliss-reactive ketones (excluding diaryl/α,β-unsaturated/α-hetero) is 1. The van der Waals surface area contributed by atoms with Gasteiger partial charge in [0.15, 0.2) is 0 Å². The lowest BCUT2D eigenvalue weighted by atomic mass is 9.96. The van der Waals surface area contributed by atoms with E-state index >= 15 is 0 Å². The Morgan fingerprint density at radius 3 is 2.58 bits per heavy atom. The van der Waals surface area contributed by atoms with Gasteiger partial charge >= 0.3 is 0 Å². The number of benzene rings is 1. The Morgan fingerprint density at radius 2 is 2.00 bits per heavy atom. The number of hydrogen-bond donors (Lipinski definition) is 0. The fourth-order valence-corrected chi connectivity index (χ4v) is 2.39. The van der Waals surface area contributed by atoms with Crippen molar-refractivity contribution >= 4 is 16.8 Å². The minimum Gasteiger partial charge on any atom is -0.331 e. The molecule has 0 atom stereocenters. The second-order valence-electron chi connectivity index (χ2n) is 6.27. The summed E-state index contributed by atoms with van der Waals surface area (Å²) in [5.41, 5.74) is 3.39. The maximum atomic E-state index is 11.1. The van der Waals surface area contributed by atoms with Crippen LogP contribution >= 0.6 is 0 Å². The monoisotopic (exact) mass is 258 g/mol. The van der Waals surface area contributed by atoms with Crippen LogP contribution in [0.5, 0.6) is 0 Å². The van der Waals surface area contributed by atoms with Gasteiger partial charge in [0, 0.05) is 18.9 Å². The summed E-state index contributed by atoms with van der Waals surface area (Å²) in [5, 5.41) is 0. The highest BCUT2D eigenvalue weighted by molar-refractivity contribution is 5.78. The Hall–Kier alpha value is -1.64. The molecule has 0 saturated carbocycles. The molecule has 0 unspecified atom stereocenters. The quantitative estimate of drug-likeness (QED) is 0.845. The number of carbonyl (C=O) groups excluding carboxylic acids is 1. The van der Waals surface area contributed by atoms with Crippen LogP contribution in [0.2, 0.25) is 0 Å². The average molecular weight is 258 g/mol. The Morgan fingerprint density at radius 1 is 1.32 bits per heavy atom. The standard InChI is InChI=1S/C16H22N2O/c1-11(19)6-7-12-8-9-14-13(10-12)17-15(18(14)5)16(2,3)4/h8-10H,6-7H2,1-5H3. The highest BCUT2D eigenvalue weighted by atomic mass is 16.1. The molecule has 102 valence electrons. The smallest absolute Gasteiger partial charge is 0.130 e. The third-order valence-electron chi connectivity index (χ3n) is 3.38. The lowest BCUT2D eigenvalue weighted by molar-refractivity contribution is -0.116. The molecule has 2 aromatic rings. The highest BCUT2D eigenvalue weighted by Crippen LogP contribution is 2.26. The van der Waals surface area contributed by atoms with Crippen LogP contribution in [0.3, 0.4) is 0 Å². The molecule has 0 aliphatic rings. The van der Waals surface area contributed by atoms with Crippen molar-refractivity contribution in [3.63, 3.8) is 0 Å². The minimum absolute atomic E-state index is 0.0350. The molecule has 0 fully saturated rings. The summed E-state index contributed by atoms with van der Waals surface area (Å²) in [4.78, 5) is 15.8. The van der Waals surface area contributed by atoms with Gasteiger partial charge in [0.2, 0.25) is 0 Å². The van der Waals surface area contributed by atoms with Crippen molar-refractivity contribution in [3.8, 4) is 0 Å². The van der Waals surface area contributed by atoms with Crippen molar-refractivity contribution in [2.24, 2.45) is 7.05 Å². The summed E-state index contributed by atoms with van der Waals surface area (Å²) in [6.07, 6.45) is 1.40. The van der Waals surface area contributed by atoms with E-state index in [0.29, 0.717) is 6.42 Å². The van der Waals surface area contributed by atoms with Crippen molar-refractivity contribution in [2.75, 3.05) is 0 Å². The molecule has 19 heavy (non-hydrogen) atoms. The third-order valence-corrected chi connectivity index (χ3v) is 3.38. The molecule has 1 aromatic carbocycles. The van der Waals surface area contributed by atoms with Gasteiger partial charge in [-0.1, -0.05) is 26.8 Å². The first-order chi connectivity index (χ1) is 8.79. The van der Waals surface area contributed by atoms with Gasteiger partial charge < -0.3 is 9.36 Å². The zero-order valence-electron chi connectivity index (χ0n) is 12.4. The van der Waals surface area contributed by atoms with Crippen molar-refractivity contribution in [2.45, 2.75) is 46.0 Å². The molecule has 0 aliphatic carbocycles. The van der Waals surface area contributed by atoms with E-state index in [1.54, 1.807) is 6.92 Å². The summed E-state index contributed by atoms with van der Waals surface area (Å²) in [5.74, 6) is 1.32. The van der Waals surface area contributed by atoms with Gasteiger partial charge in [0.25, 0.3) is 0 Å². The Bertz CT molecular complexity index is 617. The molecule has 0 saturated heterocycles. The van der Waals surface area contributed by atoms with Crippen LogP contribution in [0, 0.1) is 0 Å². The van der Waals surface area contributed by atoms with Crippen LogP contribution in [0.25, 0.3) is 11.0 Å². The lowest BCUT2D eigenvalue weighted by Gasteiger charge is -2.17. The summed E-state index contributed by atoms with van der Waals surface area (Å²) in [7, 11) is 2.06. The van der Waals surface area contributed by atoms with Crippen LogP contribution in [0.15, 0.2) is 18.2 Å². The minimum atomic E-state index is 0.0350. The predicted octanol–water partition coefficient (Wildman–Crippen LogP) is 3.39. The van der Waals surface area contributed by atoms with E-state index in [4.69, 9.17) is 4.98 Å². The van der Waals surface area contributed by atoms with E-state index in [1.165, 1.54) is 5.56 Å². The lowest BCUT2D eigenvalue weighted by Crippen LogP contribution is -2.17. The Kier molecular flexibility index (Phi) is 3.48. The molecule has 0 bridgehead atoms. The molecule has 0 N–H and O–H groups in total. The molecular weight excluding hydrogens is 236 g/mol. The first-order valence-electron chi connectivity index (χ1n) is 6.74. The molecule has 0 spiro atoms. The molecule has 1 aromatic heterocycles. The Balaban J connectivity index is 2.41. The van der Waals surface area contributed by atoms with Crippen molar-refractivity contribution in [3.05, 3.63) is 29.6 Å². The number of carbonyl (C=O) groups is 1. The van der Waals surface area contributed by atoms with Crippen LogP contribution in [0.4, 0.5) is 0 Å². The first kappa shape index (κ1) is 13.8. The largest absolute Gasteiger partial charge is 0.331 e. The van der Waals surface area contributed by atoms with Gasteiger partial charge in [-0.3, -0.25) is 0 Å². The van der Waals surface area contributed by atoms with Gasteiger partial charge in [0.1, 0.15) is 11.6 Å². The highest BCUT2D eigenvalue weighted by Gasteiger charge is 2.21. The summed E-state index contributed by atoms with van der Waals surface area (Å²) in [6, 6.07) is 6.31. The van der Waals surface area contributed by atoms with Crippen molar-refractivity contribution in [1.82, 2.24) is 9.55 Å². The molecule has 3 nitrogen and oxygen atoms in total. The average Bonchev–Trinajstić information content (AvgIpc) is 2.63. The number of fused-ring (bicyclic) bond motifs is 1. The number of ketones is 1. The predicted molar refractivity (Wildman–Crippen MR) is 78.4 cm³/mol. The first-order valence-corrected chi connectivity index (χ1v) is 6.74. The van der Waals surface area contributed by atoms with Crippen molar-refractivity contribution < 1.29 is 4.79 Å². The molecule has 1 heterocycles. The van der Waals surface area contributed by atoms with Gasteiger partial charge in [-0.05, 0) is 31.0 Å². The maximum absolute atomic E-state index is 11.1. The SMILES string of the molecule is CC(=O)CCc1ccc2c(c1)nc(C(C)(C)C)n2C. The van der Waals surface area contributed by atoms with Crippen LogP contribution in [-0.2, 0) is 23.7 Å². The van der Waals surface area contributed by atoms with E-state index < -0.39 is 0 Å². The Labute approximate surface area is 114 Å². The van der Waals surface area contributed by atoms with E-state index in [0.717, 1.165) is 23.3 Å². The van der Waals surface area contributed by atoms with Crippen molar-refractivity contribution in [1.29, 1.82) is 0 Å². The zero-order valence-corrected chi connectivity index (χ0v) is 12.4. The number of imidazole rings is 1. The second-order valence-corrected chi connectivity index (χ2v) is 6.27. The fraction of sp³-hybridized carbons (Fsp3) is 0.500. The van der Waals surface area contributed by atoms with Crippen LogP contribution in [-0.4, -0.2) is 15.3 Å². The van der Waals surface area contributed by atoms with Gasteiger partial charge in [0.05, 0.1) is 11.0 Å². The van der Waals surface area contributed by atoms with E-state index in [1.807, 2.05) is 0 Å². The number of aryl methyl sites for hydroxylation is 2. The molecule has 2 rings (SSSR count). The number of hydrogen-bond acceptors (Lipinski definition) is 2. The summed E-state index contributed by atoms with van der Waals surface area (Å²) in [6.45, 7) is 8.15. The molecule has 0 aliphatic heterocycles. The normalized spacial score (nSPS) is 12.1. The third kappa shape index (κ3) is 2.86.